The molecular formula is C23H20N2O5S2. The van der Waals surface area contributed by atoms with Gasteiger partial charge in [0, 0.05) is 18.7 Å². The van der Waals surface area contributed by atoms with Gasteiger partial charge in [-0.1, -0.05) is 66.5 Å². The number of carbonyl (C=O) groups excluding carboxylic acids is 2. The number of hydrogen-bond donors (Lipinski definition) is 3. The van der Waals surface area contributed by atoms with Crippen molar-refractivity contribution in [3.63, 3.8) is 0 Å². The van der Waals surface area contributed by atoms with E-state index in [1.54, 1.807) is 12.2 Å². The monoisotopic (exact) mass is 468 g/mol. The van der Waals surface area contributed by atoms with Crippen LogP contribution in [-0.4, -0.2) is 43.8 Å². The summed E-state index contributed by atoms with van der Waals surface area (Å²) in [5.74, 6) is -2.20. The molecule has 0 radical (unpaired) electrons. The Hall–Kier alpha value is -3.43. The van der Waals surface area contributed by atoms with Crippen molar-refractivity contribution in [2.75, 3.05) is 11.9 Å². The number of rotatable bonds is 8. The number of hydrogen-bond acceptors (Lipinski definition) is 6. The number of carbonyl (C=O) groups is 3. The van der Waals surface area contributed by atoms with Crippen LogP contribution in [0.25, 0.3) is 6.08 Å². The highest BCUT2D eigenvalue weighted by atomic mass is 32.2. The molecule has 7 nitrogen and oxygen atoms in total. The second-order valence-corrected chi connectivity index (χ2v) is 8.49. The maximum atomic E-state index is 12.6. The van der Waals surface area contributed by atoms with Crippen LogP contribution in [-0.2, 0) is 9.59 Å². The molecule has 1 fully saturated rings. The standard InChI is InChI=1S/C23H20N2O5S2/c26-18-12-11-16(14-17(18)22(29)30)24-20(27)10-5-13-25-21(28)19(32-23(25)31)9-4-8-15-6-2-1-3-7-15/h1-4,6-9,11-12,14,26H,5,10,13H2,(H,24,27)(H,29,30). The molecular weight excluding hydrogens is 448 g/mol. The molecule has 32 heavy (non-hydrogen) atoms. The van der Waals surface area contributed by atoms with Crippen molar-refractivity contribution in [2.45, 2.75) is 12.8 Å². The maximum Gasteiger partial charge on any atom is 0.339 e. The lowest BCUT2D eigenvalue weighted by Gasteiger charge is -2.14. The molecule has 2 amide bonds. The number of carboxylic acid groups (broad SMARTS) is 1. The van der Waals surface area contributed by atoms with E-state index in [0.29, 0.717) is 22.2 Å². The number of thioether (sulfide) groups is 1. The van der Waals surface area contributed by atoms with Gasteiger partial charge in [-0.05, 0) is 36.3 Å². The molecule has 1 aliphatic rings. The van der Waals surface area contributed by atoms with Crippen LogP contribution in [0.4, 0.5) is 5.69 Å². The minimum atomic E-state index is -1.29. The van der Waals surface area contributed by atoms with E-state index in [0.717, 1.165) is 5.56 Å². The topological polar surface area (TPSA) is 107 Å². The third-order valence-electron chi connectivity index (χ3n) is 4.51. The molecule has 1 aliphatic heterocycles. The lowest BCUT2D eigenvalue weighted by molar-refractivity contribution is -0.122. The third kappa shape index (κ3) is 6.05. The van der Waals surface area contributed by atoms with Gasteiger partial charge in [0.15, 0.2) is 0 Å². The molecule has 9 heteroatoms. The van der Waals surface area contributed by atoms with Gasteiger partial charge >= 0.3 is 5.97 Å². The van der Waals surface area contributed by atoms with Crippen LogP contribution >= 0.6 is 24.0 Å². The quantitative estimate of drug-likeness (QED) is 0.302. The fourth-order valence-corrected chi connectivity index (χ4v) is 4.18. The normalized spacial score (nSPS) is 15.0. The van der Waals surface area contributed by atoms with Gasteiger partial charge < -0.3 is 15.5 Å². The van der Waals surface area contributed by atoms with E-state index in [1.807, 2.05) is 36.4 Å². The molecule has 3 N–H and O–H groups in total. The molecule has 0 aliphatic carbocycles. The fraction of sp³-hybridized carbons (Fsp3) is 0.130. The van der Waals surface area contributed by atoms with Gasteiger partial charge in [0.25, 0.3) is 5.91 Å². The third-order valence-corrected chi connectivity index (χ3v) is 5.90. The van der Waals surface area contributed by atoms with Crippen molar-refractivity contribution in [2.24, 2.45) is 0 Å². The number of amides is 2. The Morgan fingerprint density at radius 2 is 1.91 bits per heavy atom. The van der Waals surface area contributed by atoms with E-state index in [2.05, 4.69) is 5.32 Å². The van der Waals surface area contributed by atoms with E-state index in [1.165, 1.54) is 34.9 Å². The zero-order chi connectivity index (χ0) is 23.1. The Morgan fingerprint density at radius 3 is 2.62 bits per heavy atom. The summed E-state index contributed by atoms with van der Waals surface area (Å²) in [6.07, 6.45) is 5.93. The second kappa shape index (κ2) is 10.7. The minimum Gasteiger partial charge on any atom is -0.507 e. The minimum absolute atomic E-state index is 0.118. The van der Waals surface area contributed by atoms with E-state index in [-0.39, 0.29) is 35.2 Å². The van der Waals surface area contributed by atoms with E-state index < -0.39 is 5.97 Å². The summed E-state index contributed by atoms with van der Waals surface area (Å²) in [6, 6.07) is 13.5. The first-order valence-corrected chi connectivity index (χ1v) is 10.9. The fourth-order valence-electron chi connectivity index (χ4n) is 2.92. The van der Waals surface area contributed by atoms with Crippen molar-refractivity contribution in [1.82, 2.24) is 4.90 Å². The lowest BCUT2D eigenvalue weighted by Crippen LogP contribution is -2.29. The number of allylic oxidation sites excluding steroid dienone is 2. The average molecular weight is 469 g/mol. The first-order chi connectivity index (χ1) is 15.3. The largest absolute Gasteiger partial charge is 0.507 e. The summed E-state index contributed by atoms with van der Waals surface area (Å²) in [5, 5.41) is 21.2. The number of nitrogens with zero attached hydrogens (tertiary/aromatic N) is 1. The van der Waals surface area contributed by atoms with E-state index in [9.17, 15) is 19.5 Å². The molecule has 164 valence electrons. The highest BCUT2D eigenvalue weighted by molar-refractivity contribution is 8.26. The molecule has 0 bridgehead atoms. The molecule has 2 aromatic carbocycles. The molecule has 1 heterocycles. The second-order valence-electron chi connectivity index (χ2n) is 6.81. The average Bonchev–Trinajstić information content (AvgIpc) is 3.03. The molecule has 0 atom stereocenters. The first kappa shape index (κ1) is 23.2. The predicted molar refractivity (Wildman–Crippen MR) is 128 cm³/mol. The summed E-state index contributed by atoms with van der Waals surface area (Å²) in [4.78, 5) is 37.8. The Bertz CT molecular complexity index is 1110. The van der Waals surface area contributed by atoms with Crippen molar-refractivity contribution >= 4 is 57.8 Å². The number of carboxylic acids is 1. The van der Waals surface area contributed by atoms with Gasteiger partial charge in [-0.2, -0.15) is 0 Å². The number of thiocarbonyl (C=S) groups is 1. The summed E-state index contributed by atoms with van der Waals surface area (Å²) < 4.78 is 0.444. The van der Waals surface area contributed by atoms with Gasteiger partial charge in [0.05, 0.1) is 4.91 Å². The molecule has 0 spiro atoms. The van der Waals surface area contributed by atoms with Gasteiger partial charge in [0.1, 0.15) is 15.6 Å². The van der Waals surface area contributed by atoms with Gasteiger partial charge in [-0.3, -0.25) is 14.5 Å². The van der Waals surface area contributed by atoms with Crippen LogP contribution in [0.3, 0.4) is 0 Å². The van der Waals surface area contributed by atoms with E-state index >= 15 is 0 Å². The number of anilines is 1. The van der Waals surface area contributed by atoms with Gasteiger partial charge in [-0.25, -0.2) is 4.79 Å². The molecule has 1 saturated heterocycles. The first-order valence-electron chi connectivity index (χ1n) is 9.68. The lowest BCUT2D eigenvalue weighted by atomic mass is 10.1. The Morgan fingerprint density at radius 1 is 1.16 bits per heavy atom. The van der Waals surface area contributed by atoms with Crippen molar-refractivity contribution in [3.8, 4) is 5.75 Å². The SMILES string of the molecule is O=C(CCCN1C(=O)C(=CC=Cc2ccccc2)SC1=S)Nc1ccc(O)c(C(=O)O)c1. The molecule has 0 aromatic heterocycles. The Kier molecular flexibility index (Phi) is 7.80. The van der Waals surface area contributed by atoms with Crippen LogP contribution in [0.5, 0.6) is 5.75 Å². The Balaban J connectivity index is 1.51. The maximum absolute atomic E-state index is 12.6. The number of aromatic hydroxyl groups is 1. The van der Waals surface area contributed by atoms with Gasteiger partial charge in [-0.15, -0.1) is 0 Å². The molecule has 0 unspecified atom stereocenters. The van der Waals surface area contributed by atoms with Crippen molar-refractivity contribution in [1.29, 1.82) is 0 Å². The predicted octanol–water partition coefficient (Wildman–Crippen LogP) is 4.27. The van der Waals surface area contributed by atoms with Crippen molar-refractivity contribution in [3.05, 3.63) is 76.7 Å². The molecule has 3 rings (SSSR count). The highest BCUT2D eigenvalue weighted by Gasteiger charge is 2.31. The Labute approximate surface area is 194 Å². The number of benzene rings is 2. The van der Waals surface area contributed by atoms with Crippen LogP contribution in [0.1, 0.15) is 28.8 Å². The smallest absolute Gasteiger partial charge is 0.339 e. The van der Waals surface area contributed by atoms with E-state index in [4.69, 9.17) is 17.3 Å². The van der Waals surface area contributed by atoms with Crippen LogP contribution < -0.4 is 5.32 Å². The number of nitrogens with one attached hydrogen (secondary N) is 1. The van der Waals surface area contributed by atoms with Crippen LogP contribution in [0.15, 0.2) is 65.6 Å². The van der Waals surface area contributed by atoms with Crippen LogP contribution in [0.2, 0.25) is 0 Å². The zero-order valence-corrected chi connectivity index (χ0v) is 18.5. The number of phenols is 1. The summed E-state index contributed by atoms with van der Waals surface area (Å²) in [5.41, 5.74) is 0.992. The summed E-state index contributed by atoms with van der Waals surface area (Å²) >= 11 is 6.52. The number of aromatic carboxylic acids is 1. The van der Waals surface area contributed by atoms with Gasteiger partial charge in [0.2, 0.25) is 5.91 Å². The highest BCUT2D eigenvalue weighted by Crippen LogP contribution is 2.31. The summed E-state index contributed by atoms with van der Waals surface area (Å²) in [6.45, 7) is 0.299. The molecule has 0 saturated carbocycles. The summed E-state index contributed by atoms with van der Waals surface area (Å²) in [7, 11) is 0. The zero-order valence-electron chi connectivity index (χ0n) is 16.9. The van der Waals surface area contributed by atoms with Crippen LogP contribution in [0, 0.1) is 0 Å². The van der Waals surface area contributed by atoms with Crippen molar-refractivity contribution < 1.29 is 24.6 Å². The molecule has 2 aromatic rings.